The van der Waals surface area contributed by atoms with Gasteiger partial charge in [-0.3, -0.25) is 4.79 Å². The third kappa shape index (κ3) is 3.37. The highest BCUT2D eigenvalue weighted by atomic mass is 19.3. The molecule has 0 unspecified atom stereocenters. The number of alkyl halides is 2. The van der Waals surface area contributed by atoms with E-state index in [0.717, 1.165) is 5.56 Å². The quantitative estimate of drug-likeness (QED) is 0.901. The second-order valence-corrected chi connectivity index (χ2v) is 3.93. The van der Waals surface area contributed by atoms with E-state index >= 15 is 0 Å². The lowest BCUT2D eigenvalue weighted by atomic mass is 10.1. The monoisotopic (exact) mass is 265 g/mol. The first kappa shape index (κ1) is 13.2. The molecule has 1 amide bonds. The molecule has 2 rings (SSSR count). The first-order chi connectivity index (χ1) is 9.18. The molecule has 0 spiro atoms. The Morgan fingerprint density at radius 3 is 2.68 bits per heavy atom. The van der Waals surface area contributed by atoms with Crippen LogP contribution in [-0.4, -0.2) is 22.2 Å². The molecule has 1 aromatic carbocycles. The van der Waals surface area contributed by atoms with Crippen LogP contribution in [0.5, 0.6) is 0 Å². The van der Waals surface area contributed by atoms with Crippen LogP contribution in [0.4, 0.5) is 8.78 Å². The second-order valence-electron chi connectivity index (χ2n) is 3.93. The van der Waals surface area contributed by atoms with Crippen molar-refractivity contribution in [3.05, 3.63) is 53.9 Å². The second kappa shape index (κ2) is 6.08. The van der Waals surface area contributed by atoms with Gasteiger partial charge in [0.15, 0.2) is 0 Å². The maximum atomic E-state index is 12.5. The SMILES string of the molecule is O=C(NCCc1ccccc1)c1ccnn1C(F)F. The molecule has 4 nitrogen and oxygen atoms in total. The summed E-state index contributed by atoms with van der Waals surface area (Å²) >= 11 is 0. The van der Waals surface area contributed by atoms with Gasteiger partial charge in [0.1, 0.15) is 5.69 Å². The van der Waals surface area contributed by atoms with Crippen molar-refractivity contribution in [2.24, 2.45) is 0 Å². The molecule has 1 heterocycles. The number of benzene rings is 1. The van der Waals surface area contributed by atoms with E-state index in [9.17, 15) is 13.6 Å². The average molecular weight is 265 g/mol. The van der Waals surface area contributed by atoms with Gasteiger partial charge in [-0.1, -0.05) is 30.3 Å². The number of nitrogens with zero attached hydrogens (tertiary/aromatic N) is 2. The Bertz CT molecular complexity index is 540. The molecule has 0 saturated heterocycles. The van der Waals surface area contributed by atoms with Gasteiger partial charge in [0, 0.05) is 12.7 Å². The molecule has 1 aromatic heterocycles. The lowest BCUT2D eigenvalue weighted by Gasteiger charge is -2.07. The predicted molar refractivity (Wildman–Crippen MR) is 66.0 cm³/mol. The lowest BCUT2D eigenvalue weighted by Crippen LogP contribution is -2.28. The fourth-order valence-electron chi connectivity index (χ4n) is 1.71. The Morgan fingerprint density at radius 2 is 2.00 bits per heavy atom. The highest BCUT2D eigenvalue weighted by molar-refractivity contribution is 5.92. The summed E-state index contributed by atoms with van der Waals surface area (Å²) in [6, 6.07) is 10.9. The zero-order chi connectivity index (χ0) is 13.7. The zero-order valence-corrected chi connectivity index (χ0v) is 10.1. The van der Waals surface area contributed by atoms with Crippen molar-refractivity contribution < 1.29 is 13.6 Å². The number of rotatable bonds is 5. The van der Waals surface area contributed by atoms with E-state index in [4.69, 9.17) is 0 Å². The summed E-state index contributed by atoms with van der Waals surface area (Å²) in [6.45, 7) is -2.43. The fourth-order valence-corrected chi connectivity index (χ4v) is 1.71. The number of amides is 1. The molecule has 100 valence electrons. The molecule has 0 aliphatic rings. The van der Waals surface area contributed by atoms with Crippen molar-refractivity contribution in [3.63, 3.8) is 0 Å². The highest BCUT2D eigenvalue weighted by Crippen LogP contribution is 2.11. The number of nitrogens with one attached hydrogen (secondary N) is 1. The maximum Gasteiger partial charge on any atom is 0.333 e. The Kier molecular flexibility index (Phi) is 4.22. The van der Waals surface area contributed by atoms with E-state index in [2.05, 4.69) is 10.4 Å². The number of carbonyl (C=O) groups is 1. The Morgan fingerprint density at radius 1 is 1.26 bits per heavy atom. The third-order valence-corrected chi connectivity index (χ3v) is 2.63. The lowest BCUT2D eigenvalue weighted by molar-refractivity contribution is 0.0510. The Balaban J connectivity index is 1.89. The minimum atomic E-state index is -2.81. The van der Waals surface area contributed by atoms with Gasteiger partial charge in [0.05, 0.1) is 0 Å². The van der Waals surface area contributed by atoms with Gasteiger partial charge >= 0.3 is 6.55 Å². The molecule has 0 radical (unpaired) electrons. The summed E-state index contributed by atoms with van der Waals surface area (Å²) < 4.78 is 25.5. The first-order valence-electron chi connectivity index (χ1n) is 5.82. The summed E-state index contributed by atoms with van der Waals surface area (Å²) in [5.74, 6) is -0.547. The van der Waals surface area contributed by atoms with Crippen molar-refractivity contribution in [2.45, 2.75) is 13.0 Å². The molecule has 19 heavy (non-hydrogen) atoms. The summed E-state index contributed by atoms with van der Waals surface area (Å²) in [4.78, 5) is 11.7. The molecular formula is C13H13F2N3O. The van der Waals surface area contributed by atoms with Crippen LogP contribution < -0.4 is 5.32 Å². The molecule has 0 atom stereocenters. The van der Waals surface area contributed by atoms with Crippen LogP contribution in [0.25, 0.3) is 0 Å². The number of aromatic nitrogens is 2. The normalized spacial score (nSPS) is 10.7. The van der Waals surface area contributed by atoms with Crippen LogP contribution in [0.3, 0.4) is 0 Å². The molecule has 0 saturated carbocycles. The average Bonchev–Trinajstić information content (AvgIpc) is 2.89. The largest absolute Gasteiger partial charge is 0.350 e. The first-order valence-corrected chi connectivity index (χ1v) is 5.82. The molecule has 1 N–H and O–H groups in total. The predicted octanol–water partition coefficient (Wildman–Crippen LogP) is 2.25. The van der Waals surface area contributed by atoms with E-state index < -0.39 is 12.5 Å². The summed E-state index contributed by atoms with van der Waals surface area (Å²) in [5, 5.41) is 6.00. The van der Waals surface area contributed by atoms with Gasteiger partial charge in [-0.05, 0) is 18.1 Å². The Hall–Kier alpha value is -2.24. The number of hydrogen-bond acceptors (Lipinski definition) is 2. The van der Waals surface area contributed by atoms with Gasteiger partial charge in [0.25, 0.3) is 5.91 Å². The molecule has 6 heteroatoms. The highest BCUT2D eigenvalue weighted by Gasteiger charge is 2.17. The smallest absolute Gasteiger partial charge is 0.333 e. The number of carbonyl (C=O) groups excluding carboxylic acids is 1. The van der Waals surface area contributed by atoms with Gasteiger partial charge in [-0.25, -0.2) is 0 Å². The molecule has 0 bridgehead atoms. The topological polar surface area (TPSA) is 46.9 Å². The van der Waals surface area contributed by atoms with Crippen molar-refractivity contribution >= 4 is 5.91 Å². The molecular weight excluding hydrogens is 252 g/mol. The zero-order valence-electron chi connectivity index (χ0n) is 10.1. The van der Waals surface area contributed by atoms with E-state index in [1.165, 1.54) is 12.3 Å². The standard InChI is InChI=1S/C13H13F2N3O/c14-13(15)18-11(7-9-17-18)12(19)16-8-6-10-4-2-1-3-5-10/h1-5,7,9,13H,6,8H2,(H,16,19). The number of halogens is 2. The van der Waals surface area contributed by atoms with Crippen molar-refractivity contribution in [2.75, 3.05) is 6.54 Å². The van der Waals surface area contributed by atoms with Crippen LogP contribution in [0.2, 0.25) is 0 Å². The van der Waals surface area contributed by atoms with Crippen molar-refractivity contribution in [1.82, 2.24) is 15.1 Å². The van der Waals surface area contributed by atoms with Crippen molar-refractivity contribution in [3.8, 4) is 0 Å². The molecule has 0 aliphatic heterocycles. The van der Waals surface area contributed by atoms with Gasteiger partial charge in [-0.15, -0.1) is 0 Å². The van der Waals surface area contributed by atoms with Crippen LogP contribution in [-0.2, 0) is 6.42 Å². The molecule has 0 aliphatic carbocycles. The molecule has 0 fully saturated rings. The van der Waals surface area contributed by atoms with Gasteiger partial charge in [-0.2, -0.15) is 18.6 Å². The maximum absolute atomic E-state index is 12.5. The Labute approximate surface area is 109 Å². The fraction of sp³-hybridized carbons (Fsp3) is 0.231. The molecule has 2 aromatic rings. The van der Waals surface area contributed by atoms with E-state index in [1.807, 2.05) is 30.3 Å². The van der Waals surface area contributed by atoms with E-state index in [-0.39, 0.29) is 5.69 Å². The number of hydrogen-bond donors (Lipinski definition) is 1. The van der Waals surface area contributed by atoms with Crippen LogP contribution in [0, 0.1) is 0 Å². The van der Waals surface area contributed by atoms with Crippen LogP contribution >= 0.6 is 0 Å². The van der Waals surface area contributed by atoms with Crippen molar-refractivity contribution in [1.29, 1.82) is 0 Å². The minimum Gasteiger partial charge on any atom is -0.350 e. The summed E-state index contributed by atoms with van der Waals surface area (Å²) in [7, 11) is 0. The third-order valence-electron chi connectivity index (χ3n) is 2.63. The van der Waals surface area contributed by atoms with Gasteiger partial charge in [0.2, 0.25) is 0 Å². The van der Waals surface area contributed by atoms with Crippen LogP contribution in [0.1, 0.15) is 22.6 Å². The van der Waals surface area contributed by atoms with Crippen LogP contribution in [0.15, 0.2) is 42.6 Å². The summed E-state index contributed by atoms with van der Waals surface area (Å²) in [6.07, 6.45) is 1.83. The van der Waals surface area contributed by atoms with Gasteiger partial charge < -0.3 is 5.32 Å². The summed E-state index contributed by atoms with van der Waals surface area (Å²) in [5.41, 5.74) is 0.938. The minimum absolute atomic E-state index is 0.136. The van der Waals surface area contributed by atoms with E-state index in [0.29, 0.717) is 17.6 Å². The van der Waals surface area contributed by atoms with E-state index in [1.54, 1.807) is 0 Å².